The molecule has 0 spiro atoms. The zero-order chi connectivity index (χ0) is 25.8. The largest absolute Gasteiger partial charge is 0.441 e. The van der Waals surface area contributed by atoms with Gasteiger partial charge in [0.1, 0.15) is 18.4 Å². The van der Waals surface area contributed by atoms with Crippen molar-refractivity contribution in [2.45, 2.75) is 12.1 Å². The highest BCUT2D eigenvalue weighted by molar-refractivity contribution is 5.99. The summed E-state index contributed by atoms with van der Waals surface area (Å²) in [6.45, 7) is 0.673. The van der Waals surface area contributed by atoms with Crippen LogP contribution in [0, 0.1) is 11.3 Å². The van der Waals surface area contributed by atoms with Gasteiger partial charge < -0.3 is 19.2 Å². The zero-order valence-corrected chi connectivity index (χ0v) is 20.2. The molecule has 1 saturated heterocycles. The topological polar surface area (TPSA) is 95.8 Å². The van der Waals surface area contributed by atoms with Crippen LogP contribution in [0.5, 0.6) is 0 Å². The molecule has 184 valence electrons. The molecule has 37 heavy (non-hydrogen) atoms. The Bertz CT molecular complexity index is 1430. The van der Waals surface area contributed by atoms with Gasteiger partial charge in [0.25, 0.3) is 0 Å². The van der Waals surface area contributed by atoms with Crippen molar-refractivity contribution in [1.29, 1.82) is 5.26 Å². The number of benzene rings is 2. The van der Waals surface area contributed by atoms with Gasteiger partial charge in [0.05, 0.1) is 30.5 Å². The Kier molecular flexibility index (Phi) is 6.79. The van der Waals surface area contributed by atoms with Crippen molar-refractivity contribution in [2.24, 2.45) is 0 Å². The highest BCUT2D eigenvalue weighted by atomic mass is 16.6. The molecule has 8 heteroatoms. The summed E-state index contributed by atoms with van der Waals surface area (Å²) in [5.74, 6) is 0. The van der Waals surface area contributed by atoms with Gasteiger partial charge in [-0.2, -0.15) is 5.26 Å². The van der Waals surface area contributed by atoms with Crippen molar-refractivity contribution in [3.05, 3.63) is 102 Å². The fourth-order valence-electron chi connectivity index (χ4n) is 4.61. The molecule has 8 nitrogen and oxygen atoms in total. The minimum atomic E-state index is -0.705. The zero-order valence-electron chi connectivity index (χ0n) is 20.2. The maximum absolute atomic E-state index is 12.6. The summed E-state index contributed by atoms with van der Waals surface area (Å²) in [6.07, 6.45) is 5.54. The Morgan fingerprint density at radius 2 is 1.95 bits per heavy atom. The van der Waals surface area contributed by atoms with Crippen molar-refractivity contribution >= 4 is 34.9 Å². The van der Waals surface area contributed by atoms with Crippen LogP contribution in [-0.4, -0.2) is 49.8 Å². The summed E-state index contributed by atoms with van der Waals surface area (Å²) in [7, 11) is 1.56. The first-order valence-corrected chi connectivity index (χ1v) is 11.8. The molecule has 0 bridgehead atoms. The molecule has 2 aliphatic rings. The van der Waals surface area contributed by atoms with Crippen LogP contribution in [0.15, 0.2) is 85.2 Å². The minimum Gasteiger partial charge on any atom is -0.441 e. The molecule has 2 unspecified atom stereocenters. The monoisotopic (exact) mass is 492 g/mol. The number of hydrogen-bond acceptors (Lipinski definition) is 7. The van der Waals surface area contributed by atoms with Crippen LogP contribution >= 0.6 is 0 Å². The number of nitriles is 1. The Morgan fingerprint density at radius 3 is 2.70 bits per heavy atom. The number of ether oxygens (including phenoxy) is 2. The number of rotatable bonds is 7. The lowest BCUT2D eigenvalue weighted by atomic mass is 9.89. The lowest BCUT2D eigenvalue weighted by molar-refractivity contribution is -0.107. The standard InChI is InChI=1S/C29H24N4O4/c1-36-19-24-17-33(29(35)37-24)23-9-6-8-22(14-23)32-16-21(27-11-4-5-12-31-27)13-26(28(32)18-34)25-10-3-2-7-20(25)15-30/h2-14,16,18,24,28H,17,19H2,1H3. The van der Waals surface area contributed by atoms with Gasteiger partial charge in [-0.3, -0.25) is 9.88 Å². The number of nitrogens with zero attached hydrogens (tertiary/aromatic N) is 4. The van der Waals surface area contributed by atoms with E-state index in [1.807, 2.05) is 71.8 Å². The van der Waals surface area contributed by atoms with Crippen molar-refractivity contribution in [2.75, 3.05) is 30.1 Å². The SMILES string of the molecule is COCC1CN(c2cccc(N3C=C(c4ccccn4)C=C(c4ccccc4C#N)C3C=O)c2)C(=O)O1. The third-order valence-electron chi connectivity index (χ3n) is 6.32. The van der Waals surface area contributed by atoms with Gasteiger partial charge in [-0.05, 0) is 53.6 Å². The highest BCUT2D eigenvalue weighted by Gasteiger charge is 2.33. The van der Waals surface area contributed by atoms with Crippen LogP contribution in [0.4, 0.5) is 16.2 Å². The Morgan fingerprint density at radius 1 is 1.14 bits per heavy atom. The number of pyridine rings is 1. The number of anilines is 2. The third-order valence-corrected chi connectivity index (χ3v) is 6.32. The average Bonchev–Trinajstić information content (AvgIpc) is 3.32. The number of carbonyl (C=O) groups excluding carboxylic acids is 2. The van der Waals surface area contributed by atoms with E-state index < -0.39 is 12.1 Å². The molecule has 0 N–H and O–H groups in total. The van der Waals surface area contributed by atoms with Crippen LogP contribution in [-0.2, 0) is 14.3 Å². The molecule has 3 aromatic rings. The Hall–Kier alpha value is -4.74. The lowest BCUT2D eigenvalue weighted by Crippen LogP contribution is -2.36. The number of amides is 1. The fraction of sp³-hybridized carbons (Fsp3) is 0.172. The molecule has 1 aromatic heterocycles. The maximum atomic E-state index is 12.6. The second-order valence-corrected chi connectivity index (χ2v) is 8.64. The van der Waals surface area contributed by atoms with Crippen molar-refractivity contribution < 1.29 is 19.1 Å². The number of carbonyl (C=O) groups is 2. The average molecular weight is 493 g/mol. The molecular weight excluding hydrogens is 468 g/mol. The van der Waals surface area contributed by atoms with E-state index in [2.05, 4.69) is 11.1 Å². The number of methoxy groups -OCH3 is 1. The predicted molar refractivity (Wildman–Crippen MR) is 140 cm³/mol. The van der Waals surface area contributed by atoms with Crippen LogP contribution in [0.25, 0.3) is 11.1 Å². The molecule has 1 fully saturated rings. The summed E-state index contributed by atoms with van der Waals surface area (Å²) >= 11 is 0. The van der Waals surface area contributed by atoms with E-state index in [0.29, 0.717) is 41.2 Å². The van der Waals surface area contributed by atoms with Gasteiger partial charge in [-0.15, -0.1) is 0 Å². The van der Waals surface area contributed by atoms with Crippen LogP contribution in [0.1, 0.15) is 16.8 Å². The number of allylic oxidation sites excluding steroid dienone is 2. The van der Waals surface area contributed by atoms with E-state index >= 15 is 0 Å². The van der Waals surface area contributed by atoms with Gasteiger partial charge >= 0.3 is 6.09 Å². The van der Waals surface area contributed by atoms with Gasteiger partial charge in [0, 0.05) is 36.5 Å². The number of aromatic nitrogens is 1. The number of aldehydes is 1. The summed E-state index contributed by atoms with van der Waals surface area (Å²) in [5.41, 5.74) is 4.69. The quantitative estimate of drug-likeness (QED) is 0.450. The lowest BCUT2D eigenvalue weighted by Gasteiger charge is -2.34. The molecule has 1 amide bonds. The third kappa shape index (κ3) is 4.73. The first kappa shape index (κ1) is 24.0. The Balaban J connectivity index is 1.60. The van der Waals surface area contributed by atoms with Crippen molar-refractivity contribution in [3.63, 3.8) is 0 Å². The summed E-state index contributed by atoms with van der Waals surface area (Å²) < 4.78 is 10.5. The summed E-state index contributed by atoms with van der Waals surface area (Å²) in [6, 6.07) is 21.7. The van der Waals surface area contributed by atoms with E-state index in [4.69, 9.17) is 9.47 Å². The number of cyclic esters (lactones) is 1. The van der Waals surface area contributed by atoms with Gasteiger partial charge in [0.2, 0.25) is 0 Å². The number of hydrogen-bond donors (Lipinski definition) is 0. The summed E-state index contributed by atoms with van der Waals surface area (Å²) in [4.78, 5) is 33.0. The first-order chi connectivity index (χ1) is 18.1. The smallest absolute Gasteiger partial charge is 0.414 e. The van der Waals surface area contributed by atoms with E-state index in [0.717, 1.165) is 17.6 Å². The van der Waals surface area contributed by atoms with E-state index in [9.17, 15) is 14.9 Å². The minimum absolute atomic E-state index is 0.309. The molecule has 0 saturated carbocycles. The molecule has 2 aliphatic heterocycles. The van der Waals surface area contributed by atoms with Crippen molar-refractivity contribution in [1.82, 2.24) is 4.98 Å². The van der Waals surface area contributed by atoms with Gasteiger partial charge in [-0.25, -0.2) is 4.79 Å². The van der Waals surface area contributed by atoms with Crippen LogP contribution in [0.3, 0.4) is 0 Å². The highest BCUT2D eigenvalue weighted by Crippen LogP contribution is 2.37. The van der Waals surface area contributed by atoms with Crippen LogP contribution in [0.2, 0.25) is 0 Å². The molecule has 0 aliphatic carbocycles. The second-order valence-electron chi connectivity index (χ2n) is 8.64. The van der Waals surface area contributed by atoms with Crippen molar-refractivity contribution in [3.8, 4) is 6.07 Å². The molecule has 0 radical (unpaired) electrons. The maximum Gasteiger partial charge on any atom is 0.414 e. The van der Waals surface area contributed by atoms with E-state index in [-0.39, 0.29) is 6.10 Å². The fourth-order valence-corrected chi connectivity index (χ4v) is 4.61. The molecular formula is C29H24N4O4. The van der Waals surface area contributed by atoms with E-state index in [1.54, 1.807) is 30.3 Å². The normalized spacial score (nSPS) is 19.1. The van der Waals surface area contributed by atoms with Crippen LogP contribution < -0.4 is 9.80 Å². The van der Waals surface area contributed by atoms with Gasteiger partial charge in [0.15, 0.2) is 0 Å². The molecule has 3 heterocycles. The Labute approximate surface area is 214 Å². The van der Waals surface area contributed by atoms with Gasteiger partial charge in [-0.1, -0.05) is 30.3 Å². The predicted octanol–water partition coefficient (Wildman–Crippen LogP) is 4.44. The molecule has 5 rings (SSSR count). The second kappa shape index (κ2) is 10.5. The van der Waals surface area contributed by atoms with E-state index in [1.165, 1.54) is 0 Å². The first-order valence-electron chi connectivity index (χ1n) is 11.8. The molecule has 2 aromatic carbocycles. The summed E-state index contributed by atoms with van der Waals surface area (Å²) in [5, 5.41) is 9.75. The molecule has 2 atom stereocenters.